The van der Waals surface area contributed by atoms with Gasteiger partial charge >= 0.3 is 0 Å². The van der Waals surface area contributed by atoms with E-state index in [-0.39, 0.29) is 0 Å². The van der Waals surface area contributed by atoms with Crippen LogP contribution >= 0.6 is 0 Å². The zero-order valence-electron chi connectivity index (χ0n) is 10.4. The van der Waals surface area contributed by atoms with Gasteiger partial charge in [-0.15, -0.1) is 0 Å². The standard InChI is InChI=1S/C13H15N3O2/c1-7-3-9(4-8(2)11(7)17)12-15-13(18-16-12)10-5-14-6-10/h3-4,10,14,17H,5-6H2,1-2H3. The lowest BCUT2D eigenvalue weighted by Crippen LogP contribution is -2.40. The Morgan fingerprint density at radius 3 is 2.50 bits per heavy atom. The summed E-state index contributed by atoms with van der Waals surface area (Å²) in [5.74, 6) is 1.94. The maximum Gasteiger partial charge on any atom is 0.232 e. The molecular weight excluding hydrogens is 230 g/mol. The maximum absolute atomic E-state index is 9.75. The zero-order valence-corrected chi connectivity index (χ0v) is 10.4. The highest BCUT2D eigenvalue weighted by Crippen LogP contribution is 2.28. The van der Waals surface area contributed by atoms with Crippen molar-refractivity contribution in [2.45, 2.75) is 19.8 Å². The predicted molar refractivity (Wildman–Crippen MR) is 66.5 cm³/mol. The molecule has 0 radical (unpaired) electrons. The minimum Gasteiger partial charge on any atom is -0.507 e. The minimum absolute atomic E-state index is 0.325. The normalized spacial score (nSPS) is 15.7. The number of aryl methyl sites for hydroxylation is 2. The van der Waals surface area contributed by atoms with Gasteiger partial charge in [-0.1, -0.05) is 5.16 Å². The molecule has 2 N–H and O–H groups in total. The highest BCUT2D eigenvalue weighted by Gasteiger charge is 2.25. The molecule has 0 aliphatic carbocycles. The lowest BCUT2D eigenvalue weighted by molar-refractivity contribution is 0.308. The van der Waals surface area contributed by atoms with Crippen molar-refractivity contribution in [3.05, 3.63) is 29.2 Å². The molecule has 3 rings (SSSR count). The largest absolute Gasteiger partial charge is 0.507 e. The van der Waals surface area contributed by atoms with Crippen molar-refractivity contribution in [3.8, 4) is 17.1 Å². The van der Waals surface area contributed by atoms with Crippen LogP contribution in [0.5, 0.6) is 5.75 Å². The number of nitrogens with zero attached hydrogens (tertiary/aromatic N) is 2. The van der Waals surface area contributed by atoms with Gasteiger partial charge in [0.15, 0.2) is 0 Å². The molecular formula is C13H15N3O2. The molecule has 1 aromatic carbocycles. The number of nitrogens with one attached hydrogen (secondary N) is 1. The monoisotopic (exact) mass is 245 g/mol. The third kappa shape index (κ3) is 1.76. The summed E-state index contributed by atoms with van der Waals surface area (Å²) < 4.78 is 5.27. The van der Waals surface area contributed by atoms with Gasteiger partial charge in [-0.2, -0.15) is 4.98 Å². The second-order valence-electron chi connectivity index (χ2n) is 4.77. The number of hydrogen-bond donors (Lipinski definition) is 2. The Morgan fingerprint density at radius 2 is 1.94 bits per heavy atom. The van der Waals surface area contributed by atoms with Crippen LogP contribution < -0.4 is 5.32 Å². The molecule has 1 fully saturated rings. The molecule has 0 unspecified atom stereocenters. The van der Waals surface area contributed by atoms with E-state index in [0.717, 1.165) is 29.8 Å². The summed E-state index contributed by atoms with van der Waals surface area (Å²) >= 11 is 0. The van der Waals surface area contributed by atoms with E-state index in [9.17, 15) is 5.11 Å². The lowest BCUT2D eigenvalue weighted by atomic mass is 10.0. The first-order valence-electron chi connectivity index (χ1n) is 6.00. The average molecular weight is 245 g/mol. The number of phenolic OH excluding ortho intramolecular Hbond substituents is 1. The number of aromatic nitrogens is 2. The van der Waals surface area contributed by atoms with Gasteiger partial charge in [-0.3, -0.25) is 0 Å². The van der Waals surface area contributed by atoms with Crippen molar-refractivity contribution in [3.63, 3.8) is 0 Å². The molecule has 0 saturated carbocycles. The van der Waals surface area contributed by atoms with Crippen LogP contribution in [0.1, 0.15) is 22.9 Å². The fourth-order valence-corrected chi connectivity index (χ4v) is 2.07. The summed E-state index contributed by atoms with van der Waals surface area (Å²) in [7, 11) is 0. The third-order valence-corrected chi connectivity index (χ3v) is 3.32. The van der Waals surface area contributed by atoms with Crippen LogP contribution in [0.15, 0.2) is 16.7 Å². The van der Waals surface area contributed by atoms with E-state index in [0.29, 0.717) is 23.4 Å². The molecule has 0 spiro atoms. The molecule has 1 aromatic heterocycles. The highest BCUT2D eigenvalue weighted by atomic mass is 16.5. The zero-order chi connectivity index (χ0) is 12.7. The number of hydrogen-bond acceptors (Lipinski definition) is 5. The van der Waals surface area contributed by atoms with Crippen molar-refractivity contribution >= 4 is 0 Å². The Morgan fingerprint density at radius 1 is 1.28 bits per heavy atom. The Balaban J connectivity index is 1.96. The van der Waals surface area contributed by atoms with Gasteiger partial charge in [0.05, 0.1) is 5.92 Å². The Labute approximate surface area is 105 Å². The van der Waals surface area contributed by atoms with Gasteiger partial charge in [0.2, 0.25) is 11.7 Å². The fraction of sp³-hybridized carbons (Fsp3) is 0.385. The Bertz CT molecular complexity index is 565. The molecule has 0 amide bonds. The summed E-state index contributed by atoms with van der Waals surface area (Å²) in [6, 6.07) is 3.74. The van der Waals surface area contributed by atoms with E-state index in [2.05, 4.69) is 15.5 Å². The van der Waals surface area contributed by atoms with Crippen molar-refractivity contribution in [2.24, 2.45) is 0 Å². The van der Waals surface area contributed by atoms with Crippen LogP contribution in [-0.4, -0.2) is 28.3 Å². The summed E-state index contributed by atoms with van der Waals surface area (Å²) in [5.41, 5.74) is 2.52. The van der Waals surface area contributed by atoms with Crippen LogP contribution in [0.25, 0.3) is 11.4 Å². The van der Waals surface area contributed by atoms with E-state index in [1.165, 1.54) is 0 Å². The second kappa shape index (κ2) is 4.10. The average Bonchev–Trinajstić information content (AvgIpc) is 2.72. The molecule has 2 aromatic rings. The molecule has 5 heteroatoms. The first-order valence-corrected chi connectivity index (χ1v) is 6.00. The van der Waals surface area contributed by atoms with E-state index >= 15 is 0 Å². The number of rotatable bonds is 2. The molecule has 1 saturated heterocycles. The van der Waals surface area contributed by atoms with Crippen molar-refractivity contribution in [1.82, 2.24) is 15.5 Å². The topological polar surface area (TPSA) is 71.2 Å². The molecule has 0 bridgehead atoms. The molecule has 94 valence electrons. The first-order chi connectivity index (χ1) is 8.65. The SMILES string of the molecule is Cc1cc(-c2noc(C3CNC3)n2)cc(C)c1O. The van der Waals surface area contributed by atoms with Gasteiger partial charge < -0.3 is 14.9 Å². The van der Waals surface area contributed by atoms with Crippen LogP contribution in [-0.2, 0) is 0 Å². The third-order valence-electron chi connectivity index (χ3n) is 3.32. The second-order valence-corrected chi connectivity index (χ2v) is 4.77. The van der Waals surface area contributed by atoms with Crippen molar-refractivity contribution in [1.29, 1.82) is 0 Å². The van der Waals surface area contributed by atoms with E-state index in [1.54, 1.807) is 0 Å². The summed E-state index contributed by atoms with van der Waals surface area (Å²) in [6.07, 6.45) is 0. The van der Waals surface area contributed by atoms with Crippen molar-refractivity contribution < 1.29 is 9.63 Å². The van der Waals surface area contributed by atoms with Gasteiger partial charge in [-0.25, -0.2) is 0 Å². The number of phenols is 1. The van der Waals surface area contributed by atoms with Crippen molar-refractivity contribution in [2.75, 3.05) is 13.1 Å². The number of benzene rings is 1. The van der Waals surface area contributed by atoms with E-state index in [1.807, 2.05) is 26.0 Å². The van der Waals surface area contributed by atoms with E-state index in [4.69, 9.17) is 4.52 Å². The predicted octanol–water partition coefficient (Wildman–Crippen LogP) is 1.75. The summed E-state index contributed by atoms with van der Waals surface area (Å²) in [5, 5.41) is 16.9. The van der Waals surface area contributed by atoms with E-state index < -0.39 is 0 Å². The minimum atomic E-state index is 0.325. The highest BCUT2D eigenvalue weighted by molar-refractivity contribution is 5.60. The lowest BCUT2D eigenvalue weighted by Gasteiger charge is -2.22. The smallest absolute Gasteiger partial charge is 0.232 e. The Hall–Kier alpha value is -1.88. The quantitative estimate of drug-likeness (QED) is 0.843. The van der Waals surface area contributed by atoms with Crippen LogP contribution in [0.4, 0.5) is 0 Å². The molecule has 5 nitrogen and oxygen atoms in total. The molecule has 1 aliphatic heterocycles. The molecule has 2 heterocycles. The van der Waals surface area contributed by atoms with Crippen LogP contribution in [0.2, 0.25) is 0 Å². The summed E-state index contributed by atoms with van der Waals surface area (Å²) in [4.78, 5) is 4.41. The summed E-state index contributed by atoms with van der Waals surface area (Å²) in [6.45, 7) is 5.52. The fourth-order valence-electron chi connectivity index (χ4n) is 2.07. The molecule has 1 aliphatic rings. The number of aromatic hydroxyl groups is 1. The first kappa shape index (κ1) is 11.2. The van der Waals surface area contributed by atoms with Crippen LogP contribution in [0, 0.1) is 13.8 Å². The molecule has 18 heavy (non-hydrogen) atoms. The maximum atomic E-state index is 9.75. The van der Waals surface area contributed by atoms with Crippen LogP contribution in [0.3, 0.4) is 0 Å². The molecule has 0 atom stereocenters. The van der Waals surface area contributed by atoms with Gasteiger partial charge in [0.25, 0.3) is 0 Å². The van der Waals surface area contributed by atoms with Gasteiger partial charge in [0.1, 0.15) is 5.75 Å². The van der Waals surface area contributed by atoms with Gasteiger partial charge in [-0.05, 0) is 37.1 Å². The Kier molecular flexibility index (Phi) is 2.56. The van der Waals surface area contributed by atoms with Gasteiger partial charge in [0, 0.05) is 18.7 Å².